The highest BCUT2D eigenvalue weighted by molar-refractivity contribution is 6.18. The predicted octanol–water partition coefficient (Wildman–Crippen LogP) is 3.85. The molecule has 132 valence electrons. The number of anilines is 1. The maximum Gasteiger partial charge on any atom is 0.133 e. The van der Waals surface area contributed by atoms with Crippen molar-refractivity contribution in [2.75, 3.05) is 18.4 Å². The second kappa shape index (κ2) is 8.60. The first-order valence-electron chi connectivity index (χ1n) is 9.13. The molecule has 1 atom stereocenters. The van der Waals surface area contributed by atoms with Crippen LogP contribution in [0, 0.1) is 11.3 Å². The average molecular weight is 338 g/mol. The van der Waals surface area contributed by atoms with Crippen LogP contribution in [0.1, 0.15) is 38.5 Å². The third kappa shape index (κ3) is 4.78. The molecule has 1 fully saturated rings. The molecule has 0 radical (unpaired) electrons. The van der Waals surface area contributed by atoms with E-state index in [1.165, 1.54) is 12.6 Å². The minimum absolute atomic E-state index is 0.429. The summed E-state index contributed by atoms with van der Waals surface area (Å²) in [6, 6.07) is 7.94. The predicted molar refractivity (Wildman–Crippen MR) is 103 cm³/mol. The molecule has 0 bridgehead atoms. The smallest absolute Gasteiger partial charge is 0.133 e. The van der Waals surface area contributed by atoms with Crippen LogP contribution in [-0.2, 0) is 4.79 Å². The van der Waals surface area contributed by atoms with E-state index in [1.54, 1.807) is 0 Å². The van der Waals surface area contributed by atoms with Gasteiger partial charge in [-0.2, -0.15) is 0 Å². The fourth-order valence-corrected chi connectivity index (χ4v) is 3.49. The zero-order valence-electron chi connectivity index (χ0n) is 14.6. The second-order valence-electron chi connectivity index (χ2n) is 6.77. The van der Waals surface area contributed by atoms with E-state index in [-0.39, 0.29) is 0 Å². The molecule has 2 aliphatic rings. The molecule has 0 amide bonds. The Hall–Kier alpha value is -2.43. The fraction of sp³-hybridized carbons (Fsp3) is 0.450. The Morgan fingerprint density at radius 1 is 1.40 bits per heavy atom. The molecule has 1 aliphatic heterocycles. The molecule has 0 spiro atoms. The van der Waals surface area contributed by atoms with Gasteiger partial charge in [-0.1, -0.05) is 12.1 Å². The third-order valence-corrected chi connectivity index (χ3v) is 4.87. The number of para-hydroxylation sites is 2. The van der Waals surface area contributed by atoms with E-state index in [1.807, 2.05) is 30.5 Å². The number of carbonyl (C=O) groups excluding carboxylic acids is 1. The molecule has 3 rings (SSSR count). The van der Waals surface area contributed by atoms with Gasteiger partial charge in [-0.3, -0.25) is 4.79 Å². The Bertz CT molecular complexity index is 693. The first-order valence-corrected chi connectivity index (χ1v) is 9.13. The Morgan fingerprint density at radius 3 is 3.12 bits per heavy atom. The van der Waals surface area contributed by atoms with E-state index >= 15 is 0 Å². The zero-order chi connectivity index (χ0) is 17.5. The Kier molecular flexibility index (Phi) is 5.99. The van der Waals surface area contributed by atoms with Crippen molar-refractivity contribution < 1.29 is 4.79 Å². The van der Waals surface area contributed by atoms with E-state index in [4.69, 9.17) is 5.41 Å². The first-order chi connectivity index (χ1) is 12.3. The summed E-state index contributed by atoms with van der Waals surface area (Å²) in [6.07, 6.45) is 9.17. The van der Waals surface area contributed by atoms with Gasteiger partial charge in [0.25, 0.3) is 0 Å². The number of rotatable bonds is 7. The Morgan fingerprint density at radius 2 is 2.28 bits per heavy atom. The third-order valence-electron chi connectivity index (χ3n) is 4.87. The van der Waals surface area contributed by atoms with Gasteiger partial charge in [0.05, 0.1) is 23.6 Å². The average Bonchev–Trinajstić information content (AvgIpc) is 2.64. The molecule has 1 saturated carbocycles. The molecule has 5 nitrogen and oxygen atoms in total. The topological polar surface area (TPSA) is 77.3 Å². The molecule has 25 heavy (non-hydrogen) atoms. The van der Waals surface area contributed by atoms with E-state index in [0.29, 0.717) is 18.2 Å². The van der Waals surface area contributed by atoms with Gasteiger partial charge in [-0.05, 0) is 43.7 Å². The normalized spacial score (nSPS) is 20.3. The van der Waals surface area contributed by atoms with Gasteiger partial charge in [-0.25, -0.2) is 4.99 Å². The van der Waals surface area contributed by atoms with Crippen molar-refractivity contribution in [2.45, 2.75) is 38.5 Å². The van der Waals surface area contributed by atoms with E-state index < -0.39 is 0 Å². The van der Waals surface area contributed by atoms with Crippen LogP contribution in [0.15, 0.2) is 41.0 Å². The van der Waals surface area contributed by atoms with Crippen LogP contribution in [0.3, 0.4) is 0 Å². The number of nitrogens with zero attached hydrogens (tertiary/aromatic N) is 1. The minimum atomic E-state index is 0.429. The molecule has 1 heterocycles. The molecule has 1 aliphatic carbocycles. The van der Waals surface area contributed by atoms with Crippen LogP contribution < -0.4 is 10.6 Å². The summed E-state index contributed by atoms with van der Waals surface area (Å²) in [5.41, 5.74) is 3.62. The number of fused-ring (bicyclic) bond motifs is 1. The van der Waals surface area contributed by atoms with Crippen molar-refractivity contribution in [1.82, 2.24) is 5.32 Å². The molecule has 0 aromatic heterocycles. The number of hydrogen-bond donors (Lipinski definition) is 3. The lowest BCUT2D eigenvalue weighted by Crippen LogP contribution is -2.22. The van der Waals surface area contributed by atoms with Gasteiger partial charge in [0, 0.05) is 37.4 Å². The van der Waals surface area contributed by atoms with Crippen molar-refractivity contribution in [3.05, 3.63) is 36.0 Å². The summed E-state index contributed by atoms with van der Waals surface area (Å²) in [4.78, 5) is 16.1. The molecule has 1 aromatic rings. The van der Waals surface area contributed by atoms with E-state index in [0.717, 1.165) is 61.3 Å². The van der Waals surface area contributed by atoms with Crippen LogP contribution in [-0.4, -0.2) is 30.8 Å². The molecule has 3 N–H and O–H groups in total. The van der Waals surface area contributed by atoms with Gasteiger partial charge in [-0.15, -0.1) is 0 Å². The molecule has 5 heteroatoms. The molecular formula is C20H26N4O. The zero-order valence-corrected chi connectivity index (χ0v) is 14.6. The SMILES string of the molecule is N=C/C(=C\NCCCC1CCCC(=O)C1)C1=Nc2ccccc2NC1. The second-order valence-corrected chi connectivity index (χ2v) is 6.77. The number of aliphatic imine (C=N–C) groups is 1. The number of benzene rings is 1. The minimum Gasteiger partial charge on any atom is -0.390 e. The molecular weight excluding hydrogens is 312 g/mol. The number of ketones is 1. The quantitative estimate of drug-likeness (QED) is 0.522. The maximum absolute atomic E-state index is 11.5. The lowest BCUT2D eigenvalue weighted by molar-refractivity contribution is -0.121. The van der Waals surface area contributed by atoms with Gasteiger partial charge in [0.15, 0.2) is 0 Å². The lowest BCUT2D eigenvalue weighted by atomic mass is 9.85. The molecule has 1 aromatic carbocycles. The lowest BCUT2D eigenvalue weighted by Gasteiger charge is -2.20. The Labute approximate surface area is 149 Å². The summed E-state index contributed by atoms with van der Waals surface area (Å²) in [5.74, 6) is 0.996. The van der Waals surface area contributed by atoms with Crippen molar-refractivity contribution in [1.29, 1.82) is 5.41 Å². The first kappa shape index (κ1) is 17.4. The summed E-state index contributed by atoms with van der Waals surface area (Å²) in [7, 11) is 0. The van der Waals surface area contributed by atoms with Gasteiger partial charge in [0.1, 0.15) is 5.78 Å². The number of nitrogens with one attached hydrogen (secondary N) is 3. The summed E-state index contributed by atoms with van der Waals surface area (Å²) < 4.78 is 0. The number of Topliss-reactive ketones (excluding diaryl/α,β-unsaturated/α-hetero) is 1. The highest BCUT2D eigenvalue weighted by Crippen LogP contribution is 2.28. The van der Waals surface area contributed by atoms with Crippen molar-refractivity contribution in [3.63, 3.8) is 0 Å². The van der Waals surface area contributed by atoms with Crippen LogP contribution in [0.2, 0.25) is 0 Å². The summed E-state index contributed by atoms with van der Waals surface area (Å²) in [5, 5.41) is 14.3. The Balaban J connectivity index is 1.49. The van der Waals surface area contributed by atoms with E-state index in [2.05, 4.69) is 15.6 Å². The highest BCUT2D eigenvalue weighted by atomic mass is 16.1. The number of carbonyl (C=O) groups is 1. The van der Waals surface area contributed by atoms with E-state index in [9.17, 15) is 4.79 Å². The fourth-order valence-electron chi connectivity index (χ4n) is 3.49. The van der Waals surface area contributed by atoms with Crippen LogP contribution in [0.5, 0.6) is 0 Å². The monoisotopic (exact) mass is 338 g/mol. The highest BCUT2D eigenvalue weighted by Gasteiger charge is 2.18. The van der Waals surface area contributed by atoms with Gasteiger partial charge in [0.2, 0.25) is 0 Å². The summed E-state index contributed by atoms with van der Waals surface area (Å²) >= 11 is 0. The standard InChI is InChI=1S/C20H26N4O/c21-12-16(20-14-23-18-8-1-2-9-19(18)24-20)13-22-10-4-6-15-5-3-7-17(25)11-15/h1-2,8-9,12-13,15,21-23H,3-7,10-11,14H2/b16-13+,21-12?. The van der Waals surface area contributed by atoms with Crippen LogP contribution in [0.4, 0.5) is 11.4 Å². The van der Waals surface area contributed by atoms with Crippen molar-refractivity contribution in [2.24, 2.45) is 10.9 Å². The van der Waals surface area contributed by atoms with Crippen molar-refractivity contribution in [3.8, 4) is 0 Å². The van der Waals surface area contributed by atoms with Crippen LogP contribution >= 0.6 is 0 Å². The maximum atomic E-state index is 11.5. The van der Waals surface area contributed by atoms with Gasteiger partial charge >= 0.3 is 0 Å². The summed E-state index contributed by atoms with van der Waals surface area (Å²) in [6.45, 7) is 1.49. The van der Waals surface area contributed by atoms with Crippen molar-refractivity contribution >= 4 is 29.1 Å². The van der Waals surface area contributed by atoms with Gasteiger partial charge < -0.3 is 16.0 Å². The number of hydrogen-bond acceptors (Lipinski definition) is 5. The molecule has 1 unspecified atom stereocenters. The van der Waals surface area contributed by atoms with Crippen LogP contribution in [0.25, 0.3) is 0 Å². The molecule has 0 saturated heterocycles. The largest absolute Gasteiger partial charge is 0.390 e.